The van der Waals surface area contributed by atoms with E-state index in [4.69, 9.17) is 21.1 Å². The van der Waals surface area contributed by atoms with Crippen molar-refractivity contribution in [1.82, 2.24) is 10.7 Å². The highest BCUT2D eigenvalue weighted by Crippen LogP contribution is 2.36. The number of nitrogens with zero attached hydrogens (tertiary/aromatic N) is 1. The number of amides is 2. The van der Waals surface area contributed by atoms with Crippen LogP contribution in [-0.4, -0.2) is 38.3 Å². The summed E-state index contributed by atoms with van der Waals surface area (Å²) >= 11 is 6.23. The topological polar surface area (TPSA) is 89.0 Å². The molecule has 2 N–H and O–H groups in total. The zero-order valence-electron chi connectivity index (χ0n) is 16.4. The molecular weight excluding hydrogens is 394 g/mol. The molecule has 0 heterocycles. The van der Waals surface area contributed by atoms with Crippen molar-refractivity contribution in [3.8, 4) is 11.5 Å². The van der Waals surface area contributed by atoms with Gasteiger partial charge in [-0.3, -0.25) is 9.59 Å². The first kappa shape index (κ1) is 22.2. The van der Waals surface area contributed by atoms with Gasteiger partial charge >= 0.3 is 11.8 Å². The summed E-state index contributed by atoms with van der Waals surface area (Å²) in [5, 5.41) is 6.71. The van der Waals surface area contributed by atoms with E-state index >= 15 is 0 Å². The molecule has 0 aromatic heterocycles. The summed E-state index contributed by atoms with van der Waals surface area (Å²) in [5.74, 6) is -0.695. The predicted octanol–water partition coefficient (Wildman–Crippen LogP) is 2.95. The van der Waals surface area contributed by atoms with Crippen molar-refractivity contribution in [3.05, 3.63) is 58.6 Å². The van der Waals surface area contributed by atoms with Gasteiger partial charge in [0.2, 0.25) is 0 Å². The molecule has 0 fully saturated rings. The molecule has 7 nitrogen and oxygen atoms in total. The molecule has 2 amide bonds. The number of hydrogen-bond acceptors (Lipinski definition) is 5. The van der Waals surface area contributed by atoms with E-state index in [9.17, 15) is 9.59 Å². The number of benzene rings is 2. The minimum absolute atomic E-state index is 0.353. The Bertz CT molecular complexity index is 857. The van der Waals surface area contributed by atoms with Crippen molar-refractivity contribution < 1.29 is 19.1 Å². The summed E-state index contributed by atoms with van der Waals surface area (Å²) in [6, 6.07) is 13.0. The number of hydrazone groups is 1. The number of methoxy groups -OCH3 is 1. The van der Waals surface area contributed by atoms with Crippen LogP contribution < -0.4 is 20.2 Å². The first-order chi connectivity index (χ1) is 14.0. The normalized spacial score (nSPS) is 10.6. The van der Waals surface area contributed by atoms with Crippen LogP contribution in [0.5, 0.6) is 11.5 Å². The lowest BCUT2D eigenvalue weighted by atomic mass is 10.1. The molecule has 0 saturated carbocycles. The Morgan fingerprint density at radius 2 is 1.93 bits per heavy atom. The second-order valence-electron chi connectivity index (χ2n) is 6.07. The molecule has 0 spiro atoms. The van der Waals surface area contributed by atoms with Crippen molar-refractivity contribution in [2.24, 2.45) is 5.10 Å². The Hall–Kier alpha value is -3.06. The Labute approximate surface area is 175 Å². The van der Waals surface area contributed by atoms with Gasteiger partial charge in [0.25, 0.3) is 0 Å². The third kappa shape index (κ3) is 7.12. The smallest absolute Gasteiger partial charge is 0.329 e. The second kappa shape index (κ2) is 11.7. The molecule has 0 radical (unpaired) electrons. The summed E-state index contributed by atoms with van der Waals surface area (Å²) in [6.07, 6.45) is 2.84. The standard InChI is InChI=1S/C21H24ClN3O4/c1-3-11-29-19-17(22)12-16(13-18(19)28-2)14-24-25-21(27)20(26)23-10-9-15-7-5-4-6-8-15/h4-8,12-14H,3,9-11H2,1-2H3,(H,23,26)(H,25,27)/b24-14-. The number of hydrogen-bond donors (Lipinski definition) is 2. The molecule has 2 rings (SSSR count). The van der Waals surface area contributed by atoms with E-state index in [1.54, 1.807) is 12.1 Å². The molecule has 0 aliphatic heterocycles. The zero-order valence-corrected chi connectivity index (χ0v) is 17.2. The molecule has 0 aliphatic carbocycles. The third-order valence-corrected chi connectivity index (χ3v) is 4.11. The Morgan fingerprint density at radius 3 is 2.62 bits per heavy atom. The van der Waals surface area contributed by atoms with Gasteiger partial charge in [0, 0.05) is 6.54 Å². The van der Waals surface area contributed by atoms with Gasteiger partial charge in [-0.1, -0.05) is 48.9 Å². The lowest BCUT2D eigenvalue weighted by Crippen LogP contribution is -2.38. The van der Waals surface area contributed by atoms with Gasteiger partial charge in [-0.05, 0) is 36.1 Å². The van der Waals surface area contributed by atoms with Crippen LogP contribution in [0.15, 0.2) is 47.6 Å². The van der Waals surface area contributed by atoms with Crippen LogP contribution in [0.3, 0.4) is 0 Å². The Balaban J connectivity index is 1.87. The third-order valence-electron chi connectivity index (χ3n) is 3.83. The largest absolute Gasteiger partial charge is 0.493 e. The average Bonchev–Trinajstić information content (AvgIpc) is 2.73. The van der Waals surface area contributed by atoms with Gasteiger partial charge in [-0.25, -0.2) is 5.43 Å². The Morgan fingerprint density at radius 1 is 1.17 bits per heavy atom. The van der Waals surface area contributed by atoms with Crippen molar-refractivity contribution in [3.63, 3.8) is 0 Å². The summed E-state index contributed by atoms with van der Waals surface area (Å²) < 4.78 is 10.9. The van der Waals surface area contributed by atoms with E-state index in [1.807, 2.05) is 37.3 Å². The minimum Gasteiger partial charge on any atom is -0.493 e. The van der Waals surface area contributed by atoms with Gasteiger partial charge in [-0.2, -0.15) is 5.10 Å². The Kier molecular flexibility index (Phi) is 8.98. The minimum atomic E-state index is -0.852. The number of ether oxygens (including phenoxy) is 2. The van der Waals surface area contributed by atoms with Crippen molar-refractivity contribution in [1.29, 1.82) is 0 Å². The van der Waals surface area contributed by atoms with E-state index in [-0.39, 0.29) is 0 Å². The number of nitrogens with one attached hydrogen (secondary N) is 2. The number of rotatable bonds is 9. The average molecular weight is 418 g/mol. The SMILES string of the molecule is CCCOc1c(Cl)cc(/C=N\NC(=O)C(=O)NCCc2ccccc2)cc1OC. The fourth-order valence-corrected chi connectivity index (χ4v) is 2.69. The summed E-state index contributed by atoms with van der Waals surface area (Å²) in [4.78, 5) is 23.7. The highest BCUT2D eigenvalue weighted by Gasteiger charge is 2.13. The monoisotopic (exact) mass is 417 g/mol. The van der Waals surface area contributed by atoms with Gasteiger partial charge in [-0.15, -0.1) is 0 Å². The van der Waals surface area contributed by atoms with Crippen LogP contribution in [0.25, 0.3) is 0 Å². The molecule has 2 aromatic carbocycles. The van der Waals surface area contributed by atoms with Gasteiger partial charge < -0.3 is 14.8 Å². The molecule has 8 heteroatoms. The van der Waals surface area contributed by atoms with E-state index in [1.165, 1.54) is 13.3 Å². The fourth-order valence-electron chi connectivity index (χ4n) is 2.42. The molecule has 0 unspecified atom stereocenters. The molecule has 0 atom stereocenters. The van der Waals surface area contributed by atoms with Crippen LogP contribution in [0, 0.1) is 0 Å². The molecule has 29 heavy (non-hydrogen) atoms. The molecular formula is C21H24ClN3O4. The number of halogens is 1. The molecule has 0 aliphatic rings. The van der Waals surface area contributed by atoms with Crippen molar-refractivity contribution in [2.75, 3.05) is 20.3 Å². The van der Waals surface area contributed by atoms with Gasteiger partial charge in [0.05, 0.1) is 25.0 Å². The van der Waals surface area contributed by atoms with E-state index in [0.717, 1.165) is 12.0 Å². The van der Waals surface area contributed by atoms with E-state index in [2.05, 4.69) is 15.8 Å². The first-order valence-electron chi connectivity index (χ1n) is 9.20. The van der Waals surface area contributed by atoms with Crippen molar-refractivity contribution in [2.45, 2.75) is 19.8 Å². The summed E-state index contributed by atoms with van der Waals surface area (Å²) in [7, 11) is 1.51. The summed E-state index contributed by atoms with van der Waals surface area (Å²) in [5.41, 5.74) is 3.85. The highest BCUT2D eigenvalue weighted by atomic mass is 35.5. The summed E-state index contributed by atoms with van der Waals surface area (Å²) in [6.45, 7) is 2.85. The van der Waals surface area contributed by atoms with Crippen LogP contribution in [0.4, 0.5) is 0 Å². The molecule has 0 saturated heterocycles. The van der Waals surface area contributed by atoms with Crippen LogP contribution in [0.1, 0.15) is 24.5 Å². The maximum Gasteiger partial charge on any atom is 0.329 e. The lowest BCUT2D eigenvalue weighted by molar-refractivity contribution is -0.139. The molecule has 0 bridgehead atoms. The maximum absolute atomic E-state index is 11.8. The maximum atomic E-state index is 11.8. The quantitative estimate of drug-likeness (QED) is 0.373. The van der Waals surface area contributed by atoms with Crippen molar-refractivity contribution >= 4 is 29.6 Å². The van der Waals surface area contributed by atoms with Crippen LogP contribution in [-0.2, 0) is 16.0 Å². The number of carbonyl (C=O) groups excluding carboxylic acids is 2. The van der Waals surface area contributed by atoms with Gasteiger partial charge in [0.1, 0.15) is 0 Å². The highest BCUT2D eigenvalue weighted by molar-refractivity contribution is 6.35. The molecule has 154 valence electrons. The fraction of sp³-hybridized carbons (Fsp3) is 0.286. The number of carbonyl (C=O) groups is 2. The second-order valence-corrected chi connectivity index (χ2v) is 6.48. The molecule has 2 aromatic rings. The first-order valence-corrected chi connectivity index (χ1v) is 9.58. The van der Waals surface area contributed by atoms with E-state index < -0.39 is 11.8 Å². The zero-order chi connectivity index (χ0) is 21.1. The van der Waals surface area contributed by atoms with Crippen LogP contribution >= 0.6 is 11.6 Å². The van der Waals surface area contributed by atoms with Crippen LogP contribution in [0.2, 0.25) is 5.02 Å². The van der Waals surface area contributed by atoms with Gasteiger partial charge in [0.15, 0.2) is 11.5 Å². The predicted molar refractivity (Wildman–Crippen MR) is 113 cm³/mol. The van der Waals surface area contributed by atoms with E-state index in [0.29, 0.717) is 41.7 Å². The lowest BCUT2D eigenvalue weighted by Gasteiger charge is -2.12.